The minimum atomic E-state index is 0.372. The Morgan fingerprint density at radius 3 is 2.63 bits per heavy atom. The molecule has 0 unspecified atom stereocenters. The highest BCUT2D eigenvalue weighted by molar-refractivity contribution is 7.11. The summed E-state index contributed by atoms with van der Waals surface area (Å²) in [6.07, 6.45) is 9.89. The number of likely N-dealkylation sites (N-methyl/N-ethyl adjacent to an activating group) is 1. The normalized spacial score (nSPS) is 18.9. The lowest BCUT2D eigenvalue weighted by molar-refractivity contribution is 0.0984. The molecule has 1 aromatic heterocycles. The van der Waals surface area contributed by atoms with Crippen LogP contribution in [0.2, 0.25) is 0 Å². The molecule has 0 aliphatic heterocycles. The Kier molecular flexibility index (Phi) is 5.37. The molecule has 1 heterocycles. The van der Waals surface area contributed by atoms with E-state index in [0.29, 0.717) is 5.54 Å². The minimum absolute atomic E-state index is 0.372. The highest BCUT2D eigenvalue weighted by Crippen LogP contribution is 2.31. The largest absolute Gasteiger partial charge is 0.310 e. The third-order valence-corrected chi connectivity index (χ3v) is 5.53. The fourth-order valence-electron chi connectivity index (χ4n) is 3.00. The fourth-order valence-corrected chi connectivity index (χ4v) is 3.84. The minimum Gasteiger partial charge on any atom is -0.310 e. The van der Waals surface area contributed by atoms with Gasteiger partial charge in [-0.25, -0.2) is 4.98 Å². The van der Waals surface area contributed by atoms with Crippen LogP contribution in [-0.4, -0.2) is 36.1 Å². The Morgan fingerprint density at radius 2 is 2.05 bits per heavy atom. The molecule has 1 aliphatic rings. The summed E-state index contributed by atoms with van der Waals surface area (Å²) in [5.74, 6) is 0. The van der Waals surface area contributed by atoms with E-state index in [1.807, 2.05) is 17.5 Å². The fraction of sp³-hybridized carbons (Fsp3) is 0.800. The van der Waals surface area contributed by atoms with Crippen molar-refractivity contribution in [1.82, 2.24) is 15.2 Å². The maximum Gasteiger partial charge on any atom is 0.0925 e. The van der Waals surface area contributed by atoms with Crippen molar-refractivity contribution in [3.05, 3.63) is 16.1 Å². The number of rotatable bonds is 6. The number of thiazole rings is 1. The third kappa shape index (κ3) is 3.77. The second-order valence-electron chi connectivity index (χ2n) is 5.86. The molecule has 1 N–H and O–H groups in total. The zero-order chi connectivity index (χ0) is 13.7. The molecule has 0 amide bonds. The van der Waals surface area contributed by atoms with Gasteiger partial charge in [0.1, 0.15) is 0 Å². The van der Waals surface area contributed by atoms with Gasteiger partial charge in [-0.15, -0.1) is 11.3 Å². The first-order valence-corrected chi connectivity index (χ1v) is 8.30. The van der Waals surface area contributed by atoms with E-state index in [0.717, 1.165) is 19.5 Å². The summed E-state index contributed by atoms with van der Waals surface area (Å²) in [5, 5.41) is 4.91. The molecular weight excluding hydrogens is 254 g/mol. The van der Waals surface area contributed by atoms with Crippen molar-refractivity contribution in [1.29, 1.82) is 0 Å². The lowest BCUT2D eigenvalue weighted by Crippen LogP contribution is -2.52. The Labute approximate surface area is 121 Å². The van der Waals surface area contributed by atoms with Crippen LogP contribution in [-0.2, 0) is 13.0 Å². The van der Waals surface area contributed by atoms with Gasteiger partial charge in [0.2, 0.25) is 0 Å². The van der Waals surface area contributed by atoms with Crippen molar-refractivity contribution in [2.45, 2.75) is 57.5 Å². The number of aromatic nitrogens is 1. The average Bonchev–Trinajstić information content (AvgIpc) is 2.87. The van der Waals surface area contributed by atoms with Crippen molar-refractivity contribution in [2.24, 2.45) is 0 Å². The molecule has 4 heteroatoms. The topological polar surface area (TPSA) is 28.2 Å². The van der Waals surface area contributed by atoms with Crippen LogP contribution < -0.4 is 5.32 Å². The number of nitrogens with one attached hydrogen (secondary N) is 1. The van der Waals surface area contributed by atoms with Crippen molar-refractivity contribution >= 4 is 11.3 Å². The molecule has 0 radical (unpaired) electrons. The molecule has 0 spiro atoms. The number of aryl methyl sites for hydroxylation is 1. The lowest BCUT2D eigenvalue weighted by Gasteiger charge is -2.43. The van der Waals surface area contributed by atoms with Crippen LogP contribution in [0.25, 0.3) is 0 Å². The first kappa shape index (κ1) is 14.9. The summed E-state index contributed by atoms with van der Waals surface area (Å²) in [6.45, 7) is 4.23. The molecule has 0 bridgehead atoms. The van der Waals surface area contributed by atoms with Gasteiger partial charge in [0.25, 0.3) is 0 Å². The van der Waals surface area contributed by atoms with Crippen LogP contribution in [0.5, 0.6) is 0 Å². The van der Waals surface area contributed by atoms with Gasteiger partial charge < -0.3 is 10.2 Å². The Hall–Kier alpha value is -0.450. The zero-order valence-corrected chi connectivity index (χ0v) is 13.4. The smallest absolute Gasteiger partial charge is 0.0925 e. The van der Waals surface area contributed by atoms with Gasteiger partial charge in [0, 0.05) is 29.7 Å². The second-order valence-corrected chi connectivity index (χ2v) is 7.06. The summed E-state index contributed by atoms with van der Waals surface area (Å²) in [5.41, 5.74) is 0.372. The molecule has 0 saturated heterocycles. The van der Waals surface area contributed by atoms with E-state index in [4.69, 9.17) is 0 Å². The summed E-state index contributed by atoms with van der Waals surface area (Å²) in [6, 6.07) is 0. The molecule has 108 valence electrons. The van der Waals surface area contributed by atoms with Crippen LogP contribution >= 0.6 is 11.3 Å². The summed E-state index contributed by atoms with van der Waals surface area (Å²) < 4.78 is 0. The van der Waals surface area contributed by atoms with E-state index >= 15 is 0 Å². The van der Waals surface area contributed by atoms with Crippen molar-refractivity contribution < 1.29 is 0 Å². The third-order valence-electron chi connectivity index (χ3n) is 4.39. The van der Waals surface area contributed by atoms with Gasteiger partial charge in [-0.1, -0.05) is 26.2 Å². The maximum absolute atomic E-state index is 4.42. The summed E-state index contributed by atoms with van der Waals surface area (Å²) >= 11 is 1.84. The summed E-state index contributed by atoms with van der Waals surface area (Å²) in [7, 11) is 4.46. The maximum atomic E-state index is 4.42. The number of nitrogens with zero attached hydrogens (tertiary/aromatic N) is 2. The molecule has 0 atom stereocenters. The van der Waals surface area contributed by atoms with Crippen LogP contribution in [0.15, 0.2) is 6.20 Å². The van der Waals surface area contributed by atoms with E-state index in [1.165, 1.54) is 42.0 Å². The van der Waals surface area contributed by atoms with Gasteiger partial charge in [-0.2, -0.15) is 0 Å². The van der Waals surface area contributed by atoms with Gasteiger partial charge in [0.05, 0.1) is 5.01 Å². The zero-order valence-electron chi connectivity index (χ0n) is 12.5. The first-order valence-electron chi connectivity index (χ1n) is 7.48. The summed E-state index contributed by atoms with van der Waals surface area (Å²) in [4.78, 5) is 8.22. The van der Waals surface area contributed by atoms with Crippen LogP contribution in [0.4, 0.5) is 0 Å². The van der Waals surface area contributed by atoms with Crippen LogP contribution in [0.1, 0.15) is 48.9 Å². The van der Waals surface area contributed by atoms with Crippen molar-refractivity contribution in [3.8, 4) is 0 Å². The van der Waals surface area contributed by atoms with Crippen LogP contribution in [0, 0.1) is 0 Å². The van der Waals surface area contributed by atoms with E-state index in [1.54, 1.807) is 0 Å². The predicted octanol–water partition coefficient (Wildman–Crippen LogP) is 3.06. The van der Waals surface area contributed by atoms with E-state index in [-0.39, 0.29) is 0 Å². The molecular formula is C15H27N3S. The van der Waals surface area contributed by atoms with E-state index < -0.39 is 0 Å². The monoisotopic (exact) mass is 281 g/mol. The molecule has 0 aromatic carbocycles. The highest BCUT2D eigenvalue weighted by Gasteiger charge is 2.33. The van der Waals surface area contributed by atoms with Gasteiger partial charge in [-0.05, 0) is 33.4 Å². The van der Waals surface area contributed by atoms with Crippen LogP contribution in [0.3, 0.4) is 0 Å². The molecule has 1 aliphatic carbocycles. The van der Waals surface area contributed by atoms with E-state index in [2.05, 4.69) is 36.2 Å². The molecule has 1 fully saturated rings. The highest BCUT2D eigenvalue weighted by atomic mass is 32.1. The predicted molar refractivity (Wildman–Crippen MR) is 82.7 cm³/mol. The average molecular weight is 281 g/mol. The first-order chi connectivity index (χ1) is 9.16. The SMILES string of the molecule is CCc1ncc(CNCC2(N(C)C)CCCCC2)s1. The number of hydrogen-bond acceptors (Lipinski definition) is 4. The standard InChI is InChI=1S/C15H27N3S/c1-4-14-17-11-13(19-14)10-16-12-15(18(2)3)8-6-5-7-9-15/h11,16H,4-10,12H2,1-3H3. The molecule has 3 nitrogen and oxygen atoms in total. The Morgan fingerprint density at radius 1 is 1.32 bits per heavy atom. The molecule has 1 saturated carbocycles. The van der Waals surface area contributed by atoms with E-state index in [9.17, 15) is 0 Å². The molecule has 2 rings (SSSR count). The van der Waals surface area contributed by atoms with Gasteiger partial charge >= 0.3 is 0 Å². The Balaban J connectivity index is 1.85. The van der Waals surface area contributed by atoms with Crippen molar-refractivity contribution in [3.63, 3.8) is 0 Å². The Bertz CT molecular complexity index is 380. The van der Waals surface area contributed by atoms with Gasteiger partial charge in [0.15, 0.2) is 0 Å². The lowest BCUT2D eigenvalue weighted by atomic mass is 9.80. The molecule has 19 heavy (non-hydrogen) atoms. The quantitative estimate of drug-likeness (QED) is 0.868. The second kappa shape index (κ2) is 6.82. The van der Waals surface area contributed by atoms with Gasteiger partial charge in [-0.3, -0.25) is 0 Å². The number of hydrogen-bond donors (Lipinski definition) is 1. The molecule has 1 aromatic rings. The van der Waals surface area contributed by atoms with Crippen molar-refractivity contribution in [2.75, 3.05) is 20.6 Å².